The number of ether oxygens (including phenoxy) is 1. The number of carbonyl (C=O) groups is 1. The van der Waals surface area contributed by atoms with Gasteiger partial charge in [0.05, 0.1) is 19.1 Å². The van der Waals surface area contributed by atoms with Crippen molar-refractivity contribution < 1.29 is 9.53 Å². The van der Waals surface area contributed by atoms with Crippen LogP contribution in [0.15, 0.2) is 18.2 Å². The van der Waals surface area contributed by atoms with Crippen LogP contribution in [0.25, 0.3) is 0 Å². The van der Waals surface area contributed by atoms with Gasteiger partial charge in [-0.2, -0.15) is 5.26 Å². The van der Waals surface area contributed by atoms with E-state index in [2.05, 4.69) is 13.0 Å². The van der Waals surface area contributed by atoms with Gasteiger partial charge in [0.15, 0.2) is 0 Å². The number of nitriles is 1. The van der Waals surface area contributed by atoms with Crippen molar-refractivity contribution in [2.24, 2.45) is 0 Å². The number of nitrogens with zero attached hydrogens (tertiary/aromatic N) is 2. The lowest BCUT2D eigenvalue weighted by atomic mass is 9.93. The van der Waals surface area contributed by atoms with Gasteiger partial charge in [0, 0.05) is 25.1 Å². The van der Waals surface area contributed by atoms with E-state index < -0.39 is 5.92 Å². The molecule has 1 amide bonds. The standard InChI is InChI=1S/C17H24N2O2/c1-5-13-8-9-16(21-4)15(10-13)14(12-18)11-17(20)19(6-2)7-3/h8-10,14H,5-7,11H2,1-4H3. The highest BCUT2D eigenvalue weighted by Gasteiger charge is 2.22. The van der Waals surface area contributed by atoms with Gasteiger partial charge in [-0.3, -0.25) is 4.79 Å². The molecule has 0 aliphatic rings. The molecule has 0 aromatic heterocycles. The largest absolute Gasteiger partial charge is 0.496 e. The van der Waals surface area contributed by atoms with Gasteiger partial charge in [-0.05, 0) is 31.9 Å². The summed E-state index contributed by atoms with van der Waals surface area (Å²) in [4.78, 5) is 14.0. The van der Waals surface area contributed by atoms with E-state index in [4.69, 9.17) is 4.74 Å². The second kappa shape index (κ2) is 8.31. The molecule has 1 atom stereocenters. The third kappa shape index (κ3) is 4.22. The number of amides is 1. The van der Waals surface area contributed by atoms with E-state index in [0.29, 0.717) is 18.8 Å². The average molecular weight is 288 g/mol. The van der Waals surface area contributed by atoms with Gasteiger partial charge in [0.1, 0.15) is 5.75 Å². The van der Waals surface area contributed by atoms with E-state index in [9.17, 15) is 10.1 Å². The summed E-state index contributed by atoms with van der Waals surface area (Å²) in [6, 6.07) is 8.09. The van der Waals surface area contributed by atoms with Crippen LogP contribution in [0.1, 0.15) is 44.2 Å². The van der Waals surface area contributed by atoms with Crippen LogP contribution in [0.3, 0.4) is 0 Å². The molecule has 0 aliphatic heterocycles. The zero-order chi connectivity index (χ0) is 15.8. The van der Waals surface area contributed by atoms with Crippen LogP contribution >= 0.6 is 0 Å². The first-order valence-electron chi connectivity index (χ1n) is 7.45. The summed E-state index contributed by atoms with van der Waals surface area (Å²) in [6.07, 6.45) is 1.08. The Labute approximate surface area is 127 Å². The average Bonchev–Trinajstić information content (AvgIpc) is 2.53. The molecule has 0 bridgehead atoms. The summed E-state index contributed by atoms with van der Waals surface area (Å²) in [5.74, 6) is 0.209. The molecule has 0 fully saturated rings. The van der Waals surface area contributed by atoms with Crippen LogP contribution in [0, 0.1) is 11.3 Å². The van der Waals surface area contributed by atoms with Gasteiger partial charge in [-0.1, -0.05) is 19.1 Å². The van der Waals surface area contributed by atoms with Gasteiger partial charge >= 0.3 is 0 Å². The van der Waals surface area contributed by atoms with Crippen LogP contribution < -0.4 is 4.74 Å². The van der Waals surface area contributed by atoms with Crippen LogP contribution in [0.4, 0.5) is 0 Å². The molecule has 0 radical (unpaired) electrons. The molecule has 21 heavy (non-hydrogen) atoms. The maximum Gasteiger partial charge on any atom is 0.224 e. The maximum atomic E-state index is 12.2. The minimum absolute atomic E-state index is 0.00973. The zero-order valence-corrected chi connectivity index (χ0v) is 13.3. The first-order valence-corrected chi connectivity index (χ1v) is 7.45. The third-order valence-corrected chi connectivity index (χ3v) is 3.73. The van der Waals surface area contributed by atoms with Crippen molar-refractivity contribution in [2.45, 2.75) is 39.5 Å². The minimum Gasteiger partial charge on any atom is -0.496 e. The van der Waals surface area contributed by atoms with E-state index in [0.717, 1.165) is 17.5 Å². The van der Waals surface area contributed by atoms with Gasteiger partial charge in [0.2, 0.25) is 5.91 Å². The molecule has 0 saturated carbocycles. The highest BCUT2D eigenvalue weighted by Crippen LogP contribution is 2.30. The van der Waals surface area contributed by atoms with Crippen LogP contribution in [0.5, 0.6) is 5.75 Å². The highest BCUT2D eigenvalue weighted by molar-refractivity contribution is 5.77. The van der Waals surface area contributed by atoms with Crippen molar-refractivity contribution in [3.05, 3.63) is 29.3 Å². The molecule has 1 rings (SSSR count). The van der Waals surface area contributed by atoms with Crippen molar-refractivity contribution in [3.63, 3.8) is 0 Å². The minimum atomic E-state index is -0.473. The Bertz CT molecular complexity index is 516. The van der Waals surface area contributed by atoms with Gasteiger partial charge < -0.3 is 9.64 Å². The zero-order valence-electron chi connectivity index (χ0n) is 13.3. The number of benzene rings is 1. The quantitative estimate of drug-likeness (QED) is 0.774. The predicted molar refractivity (Wildman–Crippen MR) is 83.3 cm³/mol. The van der Waals surface area contributed by atoms with Crippen molar-refractivity contribution in [2.75, 3.05) is 20.2 Å². The number of rotatable bonds is 7. The molecule has 114 valence electrons. The van der Waals surface area contributed by atoms with E-state index in [1.165, 1.54) is 0 Å². The molecule has 4 heteroatoms. The smallest absolute Gasteiger partial charge is 0.224 e. The lowest BCUT2D eigenvalue weighted by Crippen LogP contribution is -2.31. The van der Waals surface area contributed by atoms with Gasteiger partial charge in [-0.15, -0.1) is 0 Å². The number of aryl methyl sites for hydroxylation is 1. The fourth-order valence-corrected chi connectivity index (χ4v) is 2.38. The first-order chi connectivity index (χ1) is 10.1. The number of carbonyl (C=O) groups excluding carboxylic acids is 1. The summed E-state index contributed by atoms with van der Waals surface area (Å²) in [6.45, 7) is 7.29. The Morgan fingerprint density at radius 3 is 2.48 bits per heavy atom. The second-order valence-corrected chi connectivity index (χ2v) is 4.88. The van der Waals surface area contributed by atoms with Crippen molar-refractivity contribution in [1.29, 1.82) is 5.26 Å². The van der Waals surface area contributed by atoms with E-state index in [1.54, 1.807) is 12.0 Å². The molecule has 4 nitrogen and oxygen atoms in total. The van der Waals surface area contributed by atoms with Crippen LogP contribution in [0.2, 0.25) is 0 Å². The van der Waals surface area contributed by atoms with Gasteiger partial charge in [-0.25, -0.2) is 0 Å². The monoisotopic (exact) mass is 288 g/mol. The molecule has 0 aliphatic carbocycles. The van der Waals surface area contributed by atoms with E-state index in [1.807, 2.05) is 32.0 Å². The number of methoxy groups -OCH3 is 1. The maximum absolute atomic E-state index is 12.2. The summed E-state index contributed by atoms with van der Waals surface area (Å²) < 4.78 is 5.35. The number of hydrogen-bond donors (Lipinski definition) is 0. The Morgan fingerprint density at radius 2 is 2.00 bits per heavy atom. The molecule has 1 aromatic rings. The molecule has 0 heterocycles. The molecule has 1 unspecified atom stereocenters. The molecular formula is C17H24N2O2. The summed E-state index contributed by atoms with van der Waals surface area (Å²) >= 11 is 0. The number of hydrogen-bond acceptors (Lipinski definition) is 3. The summed E-state index contributed by atoms with van der Waals surface area (Å²) in [7, 11) is 1.59. The van der Waals surface area contributed by atoms with E-state index in [-0.39, 0.29) is 12.3 Å². The lowest BCUT2D eigenvalue weighted by molar-refractivity contribution is -0.130. The Hall–Kier alpha value is -2.02. The summed E-state index contributed by atoms with van der Waals surface area (Å²) in [5, 5.41) is 9.46. The van der Waals surface area contributed by atoms with Crippen molar-refractivity contribution >= 4 is 5.91 Å². The lowest BCUT2D eigenvalue weighted by Gasteiger charge is -2.21. The predicted octanol–water partition coefficient (Wildman–Crippen LogP) is 3.12. The molecule has 0 spiro atoms. The third-order valence-electron chi connectivity index (χ3n) is 3.73. The highest BCUT2D eigenvalue weighted by atomic mass is 16.5. The van der Waals surface area contributed by atoms with E-state index >= 15 is 0 Å². The Balaban J connectivity index is 3.05. The molecular weight excluding hydrogens is 264 g/mol. The molecule has 0 N–H and O–H groups in total. The Kier molecular flexibility index (Phi) is 6.74. The second-order valence-electron chi connectivity index (χ2n) is 4.88. The fourth-order valence-electron chi connectivity index (χ4n) is 2.38. The fraction of sp³-hybridized carbons (Fsp3) is 0.529. The van der Waals surface area contributed by atoms with Crippen LogP contribution in [-0.2, 0) is 11.2 Å². The molecule has 0 saturated heterocycles. The van der Waals surface area contributed by atoms with Crippen LogP contribution in [-0.4, -0.2) is 31.0 Å². The van der Waals surface area contributed by atoms with Gasteiger partial charge in [0.25, 0.3) is 0 Å². The van der Waals surface area contributed by atoms with Crippen molar-refractivity contribution in [3.8, 4) is 11.8 Å². The first kappa shape index (κ1) is 17.0. The van der Waals surface area contributed by atoms with Crippen molar-refractivity contribution in [1.82, 2.24) is 4.90 Å². The topological polar surface area (TPSA) is 53.3 Å². The molecule has 1 aromatic carbocycles. The summed E-state index contributed by atoms with van der Waals surface area (Å²) in [5.41, 5.74) is 1.95. The normalized spacial score (nSPS) is 11.6. The SMILES string of the molecule is CCc1ccc(OC)c(C(C#N)CC(=O)N(CC)CC)c1. The Morgan fingerprint density at radius 1 is 1.33 bits per heavy atom.